The molecule has 1 N–H and O–H groups in total. The van der Waals surface area contributed by atoms with Crippen molar-refractivity contribution in [3.8, 4) is 0 Å². The number of ether oxygens (including phenoxy) is 2. The molecule has 0 saturated carbocycles. The lowest BCUT2D eigenvalue weighted by Crippen LogP contribution is -2.52. The molecule has 1 aliphatic heterocycles. The summed E-state index contributed by atoms with van der Waals surface area (Å²) in [5.74, 6) is -1.45. The number of carbonyl (C=O) groups is 3. The molecule has 8 nitrogen and oxygen atoms in total. The van der Waals surface area contributed by atoms with Gasteiger partial charge >= 0.3 is 11.9 Å². The summed E-state index contributed by atoms with van der Waals surface area (Å²) < 4.78 is 10.8. The van der Waals surface area contributed by atoms with Crippen molar-refractivity contribution in [2.24, 2.45) is 5.10 Å². The fourth-order valence-corrected chi connectivity index (χ4v) is 5.22. The first-order valence-corrected chi connectivity index (χ1v) is 14.1. The number of hydrogen-bond donors (Lipinski definition) is 1. The van der Waals surface area contributed by atoms with Gasteiger partial charge in [0.05, 0.1) is 12.6 Å². The molecule has 1 heterocycles. The average Bonchev–Trinajstić information content (AvgIpc) is 3.45. The van der Waals surface area contributed by atoms with Crippen molar-refractivity contribution in [3.05, 3.63) is 108 Å². The van der Waals surface area contributed by atoms with Gasteiger partial charge < -0.3 is 9.47 Å². The van der Waals surface area contributed by atoms with Crippen LogP contribution in [-0.4, -0.2) is 52.0 Å². The maximum atomic E-state index is 13.7. The molecule has 9 heteroatoms. The van der Waals surface area contributed by atoms with Crippen LogP contribution in [0.15, 0.2) is 96.1 Å². The molecule has 4 rings (SSSR count). The van der Waals surface area contributed by atoms with Gasteiger partial charge in [-0.2, -0.15) is 5.10 Å². The molecule has 1 amide bonds. The molecule has 3 aromatic carbocycles. The standard InChI is InChI=1S/C31H33N3O5S/c1-3-38-30(36)26(20-19-23-13-7-4-8-14-23)32-22(2)28(35)34-29(31(37)39-21-24-15-9-5-10-16-24)40-27(33-34)25-17-11-6-12-18-25/h4-18,22,26,29,32H,3,19-21H2,1-2H3/t22-,26-,29+/m0/s1. The van der Waals surface area contributed by atoms with Crippen LogP contribution in [0.1, 0.15) is 37.0 Å². The first-order valence-electron chi connectivity index (χ1n) is 13.3. The second-order valence-corrected chi connectivity index (χ2v) is 10.3. The van der Waals surface area contributed by atoms with Crippen LogP contribution in [-0.2, 0) is 36.9 Å². The van der Waals surface area contributed by atoms with Crippen molar-refractivity contribution in [1.29, 1.82) is 0 Å². The van der Waals surface area contributed by atoms with Gasteiger partial charge in [-0.1, -0.05) is 103 Å². The molecular formula is C31H33N3O5S. The molecule has 0 fully saturated rings. The van der Waals surface area contributed by atoms with Crippen LogP contribution < -0.4 is 5.32 Å². The second-order valence-electron chi connectivity index (χ2n) is 9.23. The van der Waals surface area contributed by atoms with E-state index in [1.165, 1.54) is 0 Å². The largest absolute Gasteiger partial charge is 0.465 e. The van der Waals surface area contributed by atoms with Crippen LogP contribution in [0.5, 0.6) is 0 Å². The third kappa shape index (κ3) is 7.80. The Labute approximate surface area is 238 Å². The van der Waals surface area contributed by atoms with Crippen LogP contribution >= 0.6 is 11.8 Å². The molecule has 3 atom stereocenters. The number of amides is 1. The number of nitrogens with one attached hydrogen (secondary N) is 1. The number of carbonyl (C=O) groups excluding carboxylic acids is 3. The molecule has 0 saturated heterocycles. The lowest BCUT2D eigenvalue weighted by Gasteiger charge is -2.26. The van der Waals surface area contributed by atoms with E-state index in [4.69, 9.17) is 9.47 Å². The summed E-state index contributed by atoms with van der Waals surface area (Å²) in [6.07, 6.45) is 1.07. The van der Waals surface area contributed by atoms with E-state index in [9.17, 15) is 14.4 Å². The number of benzene rings is 3. The monoisotopic (exact) mass is 559 g/mol. The number of nitrogens with zero attached hydrogens (tertiary/aromatic N) is 2. The summed E-state index contributed by atoms with van der Waals surface area (Å²) in [6.45, 7) is 3.71. The van der Waals surface area contributed by atoms with E-state index >= 15 is 0 Å². The highest BCUT2D eigenvalue weighted by molar-refractivity contribution is 8.15. The summed E-state index contributed by atoms with van der Waals surface area (Å²) in [6, 6.07) is 27.0. The first-order chi connectivity index (χ1) is 19.5. The number of thioether (sulfide) groups is 1. The normalized spacial score (nSPS) is 16.1. The summed E-state index contributed by atoms with van der Waals surface area (Å²) in [7, 11) is 0. The van der Waals surface area contributed by atoms with E-state index in [1.54, 1.807) is 13.8 Å². The van der Waals surface area contributed by atoms with Crippen LogP contribution in [0, 0.1) is 0 Å². The zero-order valence-corrected chi connectivity index (χ0v) is 23.4. The average molecular weight is 560 g/mol. The Hall–Kier alpha value is -3.95. The van der Waals surface area contributed by atoms with Crippen molar-refractivity contribution in [2.45, 2.75) is 50.8 Å². The molecule has 1 aliphatic rings. The number of rotatable bonds is 12. The molecule has 0 bridgehead atoms. The predicted molar refractivity (Wildman–Crippen MR) is 155 cm³/mol. The maximum Gasteiger partial charge on any atom is 0.342 e. The Morgan fingerprint density at radius 2 is 1.50 bits per heavy atom. The summed E-state index contributed by atoms with van der Waals surface area (Å²) in [5, 5.41) is 8.35. The van der Waals surface area contributed by atoms with E-state index in [1.807, 2.05) is 91.0 Å². The molecule has 3 aromatic rings. The zero-order chi connectivity index (χ0) is 28.3. The van der Waals surface area contributed by atoms with Crippen molar-refractivity contribution in [1.82, 2.24) is 10.3 Å². The minimum atomic E-state index is -0.999. The Balaban J connectivity index is 1.49. The number of aryl methyl sites for hydroxylation is 1. The molecule has 208 valence electrons. The highest BCUT2D eigenvalue weighted by atomic mass is 32.2. The van der Waals surface area contributed by atoms with Crippen LogP contribution in [0.3, 0.4) is 0 Å². The predicted octanol–water partition coefficient (Wildman–Crippen LogP) is 4.54. The number of hydrazone groups is 1. The number of hydrogen-bond acceptors (Lipinski definition) is 8. The van der Waals surface area contributed by atoms with Gasteiger partial charge in [0.1, 0.15) is 17.7 Å². The van der Waals surface area contributed by atoms with Gasteiger partial charge in [0.2, 0.25) is 5.37 Å². The fourth-order valence-electron chi connectivity index (χ4n) is 4.19. The van der Waals surface area contributed by atoms with E-state index in [2.05, 4.69) is 10.4 Å². The lowest BCUT2D eigenvalue weighted by molar-refractivity contribution is -0.153. The molecule has 0 aliphatic carbocycles. The highest BCUT2D eigenvalue weighted by Gasteiger charge is 2.41. The van der Waals surface area contributed by atoms with E-state index in [-0.39, 0.29) is 13.2 Å². The number of esters is 2. The summed E-state index contributed by atoms with van der Waals surface area (Å²) in [5.41, 5.74) is 2.70. The molecule has 0 spiro atoms. The Morgan fingerprint density at radius 1 is 0.900 bits per heavy atom. The maximum absolute atomic E-state index is 13.7. The van der Waals surface area contributed by atoms with Gasteiger partial charge in [-0.05, 0) is 37.8 Å². The Bertz CT molecular complexity index is 1300. The van der Waals surface area contributed by atoms with Gasteiger partial charge in [0, 0.05) is 5.56 Å². The third-order valence-electron chi connectivity index (χ3n) is 6.27. The van der Waals surface area contributed by atoms with Gasteiger partial charge in [-0.3, -0.25) is 14.9 Å². The SMILES string of the molecule is CCOC(=O)[C@H](CCc1ccccc1)N[C@@H](C)C(=O)N1N=C(c2ccccc2)S[C@@H]1C(=O)OCc1ccccc1. The molecular weight excluding hydrogens is 526 g/mol. The fraction of sp³-hybridized carbons (Fsp3) is 0.290. The molecule has 0 unspecified atom stereocenters. The summed E-state index contributed by atoms with van der Waals surface area (Å²) >= 11 is 1.16. The van der Waals surface area contributed by atoms with Crippen LogP contribution in [0.2, 0.25) is 0 Å². The highest BCUT2D eigenvalue weighted by Crippen LogP contribution is 2.31. The molecule has 0 radical (unpaired) electrons. The van der Waals surface area contributed by atoms with Crippen molar-refractivity contribution in [3.63, 3.8) is 0 Å². The third-order valence-corrected chi connectivity index (χ3v) is 7.43. The Morgan fingerprint density at radius 3 is 2.12 bits per heavy atom. The summed E-state index contributed by atoms with van der Waals surface area (Å²) in [4.78, 5) is 39.6. The Kier molecular flexibility index (Phi) is 10.5. The lowest BCUT2D eigenvalue weighted by atomic mass is 10.0. The van der Waals surface area contributed by atoms with Gasteiger partial charge in [-0.15, -0.1) is 0 Å². The van der Waals surface area contributed by atoms with Gasteiger partial charge in [-0.25, -0.2) is 9.80 Å². The van der Waals surface area contributed by atoms with Crippen molar-refractivity contribution in [2.75, 3.05) is 6.61 Å². The smallest absolute Gasteiger partial charge is 0.342 e. The zero-order valence-electron chi connectivity index (χ0n) is 22.6. The molecule has 40 heavy (non-hydrogen) atoms. The second kappa shape index (κ2) is 14.4. The minimum absolute atomic E-state index is 0.0810. The topological polar surface area (TPSA) is 97.3 Å². The van der Waals surface area contributed by atoms with Crippen LogP contribution in [0.25, 0.3) is 0 Å². The van der Waals surface area contributed by atoms with E-state index in [0.717, 1.165) is 33.5 Å². The molecule has 0 aromatic heterocycles. The van der Waals surface area contributed by atoms with E-state index < -0.39 is 35.3 Å². The van der Waals surface area contributed by atoms with Crippen molar-refractivity contribution < 1.29 is 23.9 Å². The minimum Gasteiger partial charge on any atom is -0.465 e. The van der Waals surface area contributed by atoms with Gasteiger partial charge in [0.25, 0.3) is 5.91 Å². The van der Waals surface area contributed by atoms with E-state index in [0.29, 0.717) is 17.9 Å². The van der Waals surface area contributed by atoms with Crippen molar-refractivity contribution >= 4 is 34.7 Å². The first kappa shape index (κ1) is 29.0. The van der Waals surface area contributed by atoms with Gasteiger partial charge in [0.15, 0.2) is 0 Å². The quantitative estimate of drug-likeness (QED) is 0.326. The van der Waals surface area contributed by atoms with Crippen LogP contribution in [0.4, 0.5) is 0 Å².